The molecule has 0 bridgehead atoms. The van der Waals surface area contributed by atoms with Crippen molar-refractivity contribution in [2.24, 2.45) is 0 Å². The third kappa shape index (κ3) is 4.31. The van der Waals surface area contributed by atoms with Crippen LogP contribution in [0.25, 0.3) is 0 Å². The number of amides is 3. The number of carbonyl (C=O) groups is 2. The summed E-state index contributed by atoms with van der Waals surface area (Å²) in [7, 11) is 1.59. The van der Waals surface area contributed by atoms with Crippen molar-refractivity contribution in [1.82, 2.24) is 9.80 Å². The molecule has 2 N–H and O–H groups in total. The van der Waals surface area contributed by atoms with E-state index >= 15 is 0 Å². The second kappa shape index (κ2) is 9.39. The predicted molar refractivity (Wildman–Crippen MR) is 116 cm³/mol. The van der Waals surface area contributed by atoms with Crippen LogP contribution in [0.5, 0.6) is 0 Å². The van der Waals surface area contributed by atoms with Crippen LogP contribution in [0, 0.1) is 17.7 Å². The number of piperazine rings is 1. The number of aliphatic hydroxyl groups is 1. The first-order valence-corrected chi connectivity index (χ1v) is 10.3. The summed E-state index contributed by atoms with van der Waals surface area (Å²) in [6.07, 6.45) is 0. The van der Waals surface area contributed by atoms with E-state index in [0.717, 1.165) is 11.1 Å². The van der Waals surface area contributed by atoms with E-state index in [1.807, 2.05) is 24.3 Å². The van der Waals surface area contributed by atoms with Crippen molar-refractivity contribution in [1.29, 1.82) is 0 Å². The van der Waals surface area contributed by atoms with Crippen LogP contribution in [0.15, 0.2) is 48.5 Å². The van der Waals surface area contributed by atoms with E-state index in [1.54, 1.807) is 12.0 Å². The smallest absolute Gasteiger partial charge is 0.322 e. The average molecular weight is 437 g/mol. The first kappa shape index (κ1) is 21.8. The number of urea groups is 1. The minimum atomic E-state index is -0.417. The maximum Gasteiger partial charge on any atom is 0.322 e. The van der Waals surface area contributed by atoms with Gasteiger partial charge in [-0.05, 0) is 42.0 Å². The monoisotopic (exact) mass is 437 g/mol. The summed E-state index contributed by atoms with van der Waals surface area (Å²) in [5, 5.41) is 12.6. The number of aliphatic hydroxyl groups excluding tert-OH is 1. The summed E-state index contributed by atoms with van der Waals surface area (Å²) in [5.74, 6) is 5.23. The third-order valence-electron chi connectivity index (χ3n) is 5.88. The van der Waals surface area contributed by atoms with E-state index in [4.69, 9.17) is 4.74 Å². The van der Waals surface area contributed by atoms with Crippen LogP contribution < -0.4 is 5.32 Å². The zero-order chi connectivity index (χ0) is 22.7. The number of nitrogens with zero attached hydrogens (tertiary/aromatic N) is 2. The SMILES string of the molecule is COCC#Cc1ccc([C@@H]2[C@@H](CO)N3C(=O)CN(C(=O)Nc4ccc(F)cc4)C[C@H]23)cc1. The van der Waals surface area contributed by atoms with Crippen LogP contribution in [-0.4, -0.2) is 72.3 Å². The average Bonchev–Trinajstić information content (AvgIpc) is 2.78. The highest BCUT2D eigenvalue weighted by atomic mass is 19.1. The molecule has 32 heavy (non-hydrogen) atoms. The molecule has 0 aromatic heterocycles. The van der Waals surface area contributed by atoms with Crippen LogP contribution in [0.2, 0.25) is 0 Å². The third-order valence-corrected chi connectivity index (χ3v) is 5.88. The van der Waals surface area contributed by atoms with Crippen molar-refractivity contribution in [3.05, 3.63) is 65.5 Å². The second-order valence-electron chi connectivity index (χ2n) is 7.82. The maximum absolute atomic E-state index is 13.1. The molecule has 0 unspecified atom stereocenters. The zero-order valence-corrected chi connectivity index (χ0v) is 17.6. The Morgan fingerprint density at radius 3 is 2.59 bits per heavy atom. The first-order chi connectivity index (χ1) is 15.5. The van der Waals surface area contributed by atoms with Crippen molar-refractivity contribution in [3.8, 4) is 11.8 Å². The molecular formula is C24H24FN3O4. The lowest BCUT2D eigenvalue weighted by Crippen LogP contribution is -2.73. The van der Waals surface area contributed by atoms with Crippen molar-refractivity contribution >= 4 is 17.6 Å². The number of hydrogen-bond donors (Lipinski definition) is 2. The Labute approximate surface area is 185 Å². The number of nitrogens with one attached hydrogen (secondary N) is 1. The lowest BCUT2D eigenvalue weighted by molar-refractivity contribution is -0.159. The van der Waals surface area contributed by atoms with Crippen LogP contribution in [0.1, 0.15) is 17.0 Å². The first-order valence-electron chi connectivity index (χ1n) is 10.3. The van der Waals surface area contributed by atoms with Crippen molar-refractivity contribution in [3.63, 3.8) is 0 Å². The second-order valence-corrected chi connectivity index (χ2v) is 7.82. The van der Waals surface area contributed by atoms with E-state index in [-0.39, 0.29) is 37.1 Å². The number of fused-ring (bicyclic) bond motifs is 1. The molecule has 2 fully saturated rings. The van der Waals surface area contributed by atoms with Gasteiger partial charge in [0.1, 0.15) is 19.0 Å². The van der Waals surface area contributed by atoms with E-state index in [9.17, 15) is 19.1 Å². The van der Waals surface area contributed by atoms with Gasteiger partial charge in [-0.25, -0.2) is 9.18 Å². The molecule has 3 atom stereocenters. The number of methoxy groups -OCH3 is 1. The Bertz CT molecular complexity index is 1050. The minimum Gasteiger partial charge on any atom is -0.394 e. The molecule has 3 amide bonds. The van der Waals surface area contributed by atoms with Crippen molar-refractivity contribution < 1.29 is 23.8 Å². The Morgan fingerprint density at radius 2 is 1.94 bits per heavy atom. The molecule has 0 radical (unpaired) electrons. The molecule has 2 saturated heterocycles. The van der Waals surface area contributed by atoms with Crippen LogP contribution in [0.3, 0.4) is 0 Å². The fourth-order valence-electron chi connectivity index (χ4n) is 4.39. The van der Waals surface area contributed by atoms with Gasteiger partial charge in [0, 0.05) is 30.8 Å². The molecular weight excluding hydrogens is 413 g/mol. The zero-order valence-electron chi connectivity index (χ0n) is 17.6. The summed E-state index contributed by atoms with van der Waals surface area (Å²) >= 11 is 0. The molecule has 2 aliphatic heterocycles. The Morgan fingerprint density at radius 1 is 1.22 bits per heavy atom. The van der Waals surface area contributed by atoms with Crippen LogP contribution in [0.4, 0.5) is 14.9 Å². The quantitative estimate of drug-likeness (QED) is 0.718. The van der Waals surface area contributed by atoms with E-state index in [1.165, 1.54) is 29.2 Å². The summed E-state index contributed by atoms with van der Waals surface area (Å²) in [6, 6.07) is 12.2. The molecule has 2 aromatic carbocycles. The van der Waals surface area contributed by atoms with Gasteiger partial charge in [0.15, 0.2) is 0 Å². The lowest BCUT2D eigenvalue weighted by Gasteiger charge is -2.58. The van der Waals surface area contributed by atoms with Crippen LogP contribution >= 0.6 is 0 Å². The van der Waals surface area contributed by atoms with Gasteiger partial charge in [-0.15, -0.1) is 0 Å². The molecule has 0 saturated carbocycles. The molecule has 2 aromatic rings. The van der Waals surface area contributed by atoms with Crippen molar-refractivity contribution in [2.45, 2.75) is 18.0 Å². The summed E-state index contributed by atoms with van der Waals surface area (Å²) in [6.45, 7) is 0.478. The van der Waals surface area contributed by atoms with Gasteiger partial charge in [-0.2, -0.15) is 0 Å². The number of hydrogen-bond acceptors (Lipinski definition) is 4. The highest BCUT2D eigenvalue weighted by Gasteiger charge is 2.54. The molecule has 0 spiro atoms. The molecule has 0 aliphatic carbocycles. The molecule has 7 nitrogen and oxygen atoms in total. The summed E-state index contributed by atoms with van der Waals surface area (Å²) in [5.41, 5.74) is 2.29. The minimum absolute atomic E-state index is 0.0687. The summed E-state index contributed by atoms with van der Waals surface area (Å²) < 4.78 is 18.0. The highest BCUT2D eigenvalue weighted by molar-refractivity contribution is 5.93. The van der Waals surface area contributed by atoms with Gasteiger partial charge in [-0.1, -0.05) is 24.0 Å². The fraction of sp³-hybridized carbons (Fsp3) is 0.333. The van der Waals surface area contributed by atoms with E-state index < -0.39 is 11.8 Å². The lowest BCUT2D eigenvalue weighted by atomic mass is 9.73. The van der Waals surface area contributed by atoms with Gasteiger partial charge in [0.2, 0.25) is 5.91 Å². The largest absolute Gasteiger partial charge is 0.394 e. The standard InChI is InChI=1S/C24H24FN3O4/c1-32-12-2-3-16-4-6-17(7-5-16)23-20-13-27(14-22(30)28(20)21(23)15-29)24(31)26-19-10-8-18(25)9-11-19/h4-11,20-21,23,29H,12-15H2,1H3,(H,26,31)/t20-,21-,23+/m1/s1. The topological polar surface area (TPSA) is 82.1 Å². The molecule has 2 heterocycles. The Balaban J connectivity index is 1.48. The van der Waals surface area contributed by atoms with E-state index in [0.29, 0.717) is 18.8 Å². The molecule has 8 heteroatoms. The van der Waals surface area contributed by atoms with Gasteiger partial charge >= 0.3 is 6.03 Å². The van der Waals surface area contributed by atoms with Gasteiger partial charge in [0.25, 0.3) is 0 Å². The number of rotatable bonds is 4. The molecule has 4 rings (SSSR count). The van der Waals surface area contributed by atoms with Gasteiger partial charge in [0.05, 0.1) is 18.7 Å². The molecule has 166 valence electrons. The predicted octanol–water partition coefficient (Wildman–Crippen LogP) is 2.03. The number of halogens is 1. The number of anilines is 1. The van der Waals surface area contributed by atoms with Gasteiger partial charge < -0.3 is 25.0 Å². The van der Waals surface area contributed by atoms with Crippen molar-refractivity contribution in [2.75, 3.05) is 38.7 Å². The number of carbonyl (C=O) groups excluding carboxylic acids is 2. The Hall–Kier alpha value is -3.41. The van der Waals surface area contributed by atoms with Gasteiger partial charge in [-0.3, -0.25) is 4.79 Å². The fourth-order valence-corrected chi connectivity index (χ4v) is 4.39. The van der Waals surface area contributed by atoms with Crippen LogP contribution in [-0.2, 0) is 9.53 Å². The highest BCUT2D eigenvalue weighted by Crippen LogP contribution is 2.42. The Kier molecular flexibility index (Phi) is 6.40. The number of ether oxygens (including phenoxy) is 1. The maximum atomic E-state index is 13.1. The normalized spacial score (nSPS) is 21.8. The molecule has 2 aliphatic rings. The number of benzene rings is 2. The summed E-state index contributed by atoms with van der Waals surface area (Å²) in [4.78, 5) is 28.6. The van der Waals surface area contributed by atoms with E-state index in [2.05, 4.69) is 17.2 Å².